The Kier molecular flexibility index (Phi) is 13.1. The molecule has 14 heteroatoms. The van der Waals surface area contributed by atoms with Crippen molar-refractivity contribution in [2.45, 2.75) is 50.5 Å². The molecule has 10 nitrogen and oxygen atoms in total. The fraction of sp³-hybridized carbons (Fsp3) is 0.394. The third-order valence-corrected chi connectivity index (χ3v) is 7.87. The highest BCUT2D eigenvalue weighted by molar-refractivity contribution is 5.87. The molecule has 1 saturated heterocycles. The van der Waals surface area contributed by atoms with E-state index >= 15 is 0 Å². The lowest BCUT2D eigenvalue weighted by molar-refractivity contribution is -0.192. The van der Waals surface area contributed by atoms with Gasteiger partial charge in [-0.25, -0.2) is 14.0 Å². The number of fused-ring (bicyclic) bond motifs is 1. The number of alkyl carbamates (subject to hydrolysis) is 1. The van der Waals surface area contributed by atoms with Crippen LogP contribution in [0.1, 0.15) is 24.5 Å². The molecule has 254 valence electrons. The molecule has 47 heavy (non-hydrogen) atoms. The second kappa shape index (κ2) is 16.7. The van der Waals surface area contributed by atoms with Crippen molar-refractivity contribution < 1.29 is 46.6 Å². The van der Waals surface area contributed by atoms with Gasteiger partial charge < -0.3 is 25.4 Å². The average Bonchev–Trinajstić information content (AvgIpc) is 3.06. The summed E-state index contributed by atoms with van der Waals surface area (Å²) in [7, 11) is 2.89. The lowest BCUT2D eigenvalue weighted by Gasteiger charge is -2.44. The van der Waals surface area contributed by atoms with E-state index in [-0.39, 0.29) is 36.1 Å². The number of methoxy groups -OCH3 is 1. The summed E-state index contributed by atoms with van der Waals surface area (Å²) in [6, 6.07) is 18.9. The standard InChI is InChI=1S/C31H37FN4O4.C2HF3O2/c1-4-26-20-35(28(29(37)33-2)19-22-9-12-23-7-5-6-8-24(23)17-22)15-16-36(26)30(38)27(34-31(39)40-3)18-21-10-13-25(32)14-11-21;3-2(4,5)1(6)7/h5-14,17,26-28H,4,15-16,18-20H2,1-3H3,(H,33,37)(H,34,39);(H,6,7). The monoisotopic (exact) mass is 662 g/mol. The van der Waals surface area contributed by atoms with E-state index in [0.29, 0.717) is 32.5 Å². The summed E-state index contributed by atoms with van der Waals surface area (Å²) in [5.74, 6) is -3.42. The Labute approximate surface area is 269 Å². The second-order valence-corrected chi connectivity index (χ2v) is 10.9. The van der Waals surface area contributed by atoms with Gasteiger partial charge in [0.25, 0.3) is 0 Å². The van der Waals surface area contributed by atoms with E-state index in [2.05, 4.69) is 45.9 Å². The molecule has 3 N–H and O–H groups in total. The van der Waals surface area contributed by atoms with Gasteiger partial charge in [0.1, 0.15) is 11.9 Å². The van der Waals surface area contributed by atoms with Crippen molar-refractivity contribution in [2.75, 3.05) is 33.8 Å². The molecule has 0 aromatic heterocycles. The molecule has 1 heterocycles. The smallest absolute Gasteiger partial charge is 0.475 e. The number of halogens is 4. The predicted molar refractivity (Wildman–Crippen MR) is 166 cm³/mol. The van der Waals surface area contributed by atoms with E-state index in [1.165, 1.54) is 19.2 Å². The number of nitrogens with one attached hydrogen (secondary N) is 2. The number of rotatable bonds is 9. The second-order valence-electron chi connectivity index (χ2n) is 10.9. The Bertz CT molecular complexity index is 1540. The van der Waals surface area contributed by atoms with Crippen LogP contribution >= 0.6 is 0 Å². The Hall–Kier alpha value is -4.72. The summed E-state index contributed by atoms with van der Waals surface area (Å²) >= 11 is 0. The molecular weight excluding hydrogens is 624 g/mol. The van der Waals surface area contributed by atoms with Gasteiger partial charge >= 0.3 is 18.2 Å². The minimum absolute atomic E-state index is 0.0654. The molecule has 0 aliphatic carbocycles. The van der Waals surface area contributed by atoms with Crippen LogP contribution in [0.4, 0.5) is 22.4 Å². The fourth-order valence-electron chi connectivity index (χ4n) is 5.40. The number of likely N-dealkylation sites (N-methyl/N-ethyl adjacent to an activating group) is 1. The third kappa shape index (κ3) is 10.4. The number of piperazine rings is 1. The number of nitrogens with zero attached hydrogens (tertiary/aromatic N) is 2. The van der Waals surface area contributed by atoms with Gasteiger partial charge in [-0.15, -0.1) is 0 Å². The Balaban J connectivity index is 0.000000771. The van der Waals surface area contributed by atoms with Crippen molar-refractivity contribution in [3.8, 4) is 0 Å². The number of carboxylic acid groups (broad SMARTS) is 1. The van der Waals surface area contributed by atoms with Crippen LogP contribution in [0.2, 0.25) is 0 Å². The number of hydrogen-bond acceptors (Lipinski definition) is 6. The van der Waals surface area contributed by atoms with E-state index in [9.17, 15) is 31.9 Å². The van der Waals surface area contributed by atoms with E-state index < -0.39 is 24.3 Å². The number of amides is 3. The van der Waals surface area contributed by atoms with E-state index in [1.807, 2.05) is 19.1 Å². The summed E-state index contributed by atoms with van der Waals surface area (Å²) in [6.45, 7) is 3.45. The number of alkyl halides is 3. The molecule has 3 aromatic rings. The molecule has 1 aliphatic rings. The van der Waals surface area contributed by atoms with Crippen molar-refractivity contribution >= 4 is 34.6 Å². The van der Waals surface area contributed by atoms with Crippen LogP contribution in [0.5, 0.6) is 0 Å². The van der Waals surface area contributed by atoms with Crippen molar-refractivity contribution in [2.24, 2.45) is 0 Å². The highest BCUT2D eigenvalue weighted by Crippen LogP contribution is 2.22. The van der Waals surface area contributed by atoms with Crippen molar-refractivity contribution in [3.63, 3.8) is 0 Å². The summed E-state index contributed by atoms with van der Waals surface area (Å²) in [5, 5.41) is 14.9. The molecule has 0 bridgehead atoms. The molecular formula is C33H38F4N4O6. The minimum atomic E-state index is -5.08. The van der Waals surface area contributed by atoms with Gasteiger partial charge in [0.05, 0.1) is 13.2 Å². The largest absolute Gasteiger partial charge is 0.490 e. The third-order valence-electron chi connectivity index (χ3n) is 7.87. The molecule has 4 rings (SSSR count). The van der Waals surface area contributed by atoms with Gasteiger partial charge in [0, 0.05) is 39.1 Å². The van der Waals surface area contributed by atoms with Crippen LogP contribution in [-0.4, -0.2) is 96.9 Å². The molecule has 0 saturated carbocycles. The first-order chi connectivity index (χ1) is 22.3. The molecule has 1 fully saturated rings. The van der Waals surface area contributed by atoms with Crippen LogP contribution in [0, 0.1) is 5.82 Å². The van der Waals surface area contributed by atoms with Crippen LogP contribution in [0.25, 0.3) is 10.8 Å². The maximum Gasteiger partial charge on any atom is 0.490 e. The Morgan fingerprint density at radius 1 is 0.957 bits per heavy atom. The number of aliphatic carboxylic acids is 1. The van der Waals surface area contributed by atoms with Gasteiger partial charge in [0.15, 0.2) is 0 Å². The first kappa shape index (κ1) is 36.7. The van der Waals surface area contributed by atoms with Gasteiger partial charge in [-0.3, -0.25) is 14.5 Å². The lowest BCUT2D eigenvalue weighted by atomic mass is 9.97. The van der Waals surface area contributed by atoms with Crippen LogP contribution in [0.15, 0.2) is 66.7 Å². The van der Waals surface area contributed by atoms with E-state index in [0.717, 1.165) is 21.9 Å². The molecule has 3 amide bonds. The first-order valence-corrected chi connectivity index (χ1v) is 14.9. The molecule has 3 aromatic carbocycles. The molecule has 1 aliphatic heterocycles. The average molecular weight is 663 g/mol. The van der Waals surface area contributed by atoms with Crippen molar-refractivity contribution in [1.29, 1.82) is 0 Å². The summed E-state index contributed by atoms with van der Waals surface area (Å²) in [5.41, 5.74) is 1.79. The lowest BCUT2D eigenvalue weighted by Crippen LogP contribution is -2.63. The van der Waals surface area contributed by atoms with Crippen LogP contribution in [-0.2, 0) is 32.0 Å². The van der Waals surface area contributed by atoms with Crippen molar-refractivity contribution in [3.05, 3.63) is 83.7 Å². The molecule has 0 spiro atoms. The van der Waals surface area contributed by atoms with Gasteiger partial charge in [-0.05, 0) is 46.9 Å². The zero-order valence-corrected chi connectivity index (χ0v) is 26.2. The van der Waals surface area contributed by atoms with Crippen LogP contribution in [0.3, 0.4) is 0 Å². The van der Waals surface area contributed by atoms with Crippen LogP contribution < -0.4 is 10.6 Å². The number of carboxylic acids is 1. The summed E-state index contributed by atoms with van der Waals surface area (Å²) in [6.07, 6.45) is -4.36. The summed E-state index contributed by atoms with van der Waals surface area (Å²) in [4.78, 5) is 51.7. The fourth-order valence-corrected chi connectivity index (χ4v) is 5.40. The SMILES string of the molecule is CCC1CN(C(Cc2ccc3ccccc3c2)C(=O)NC)CCN1C(=O)C(Cc1ccc(F)cc1)NC(=O)OC.O=C(O)C(F)(F)F. The highest BCUT2D eigenvalue weighted by atomic mass is 19.4. The first-order valence-electron chi connectivity index (χ1n) is 14.9. The minimum Gasteiger partial charge on any atom is -0.475 e. The number of carbonyl (C=O) groups is 4. The molecule has 0 radical (unpaired) electrons. The zero-order chi connectivity index (χ0) is 34.7. The van der Waals surface area contributed by atoms with Gasteiger partial charge in [-0.1, -0.05) is 61.5 Å². The van der Waals surface area contributed by atoms with E-state index in [4.69, 9.17) is 14.6 Å². The Morgan fingerprint density at radius 2 is 1.57 bits per heavy atom. The molecule has 3 atom stereocenters. The topological polar surface area (TPSA) is 128 Å². The molecule has 3 unspecified atom stereocenters. The maximum absolute atomic E-state index is 13.8. The quantitative estimate of drug-likeness (QED) is 0.294. The maximum atomic E-state index is 13.8. The number of benzene rings is 3. The number of ether oxygens (including phenoxy) is 1. The number of carbonyl (C=O) groups excluding carboxylic acids is 3. The zero-order valence-electron chi connectivity index (χ0n) is 26.2. The normalized spacial score (nSPS) is 16.3. The van der Waals surface area contributed by atoms with Crippen molar-refractivity contribution in [1.82, 2.24) is 20.4 Å². The van der Waals surface area contributed by atoms with E-state index in [1.54, 1.807) is 24.1 Å². The predicted octanol–water partition coefficient (Wildman–Crippen LogP) is 4.16. The number of hydrogen-bond donors (Lipinski definition) is 3. The Morgan fingerprint density at radius 3 is 2.15 bits per heavy atom. The summed E-state index contributed by atoms with van der Waals surface area (Å²) < 4.78 is 49.9. The van der Waals surface area contributed by atoms with Gasteiger partial charge in [0.2, 0.25) is 11.8 Å². The van der Waals surface area contributed by atoms with Gasteiger partial charge in [-0.2, -0.15) is 13.2 Å². The highest BCUT2D eigenvalue weighted by Gasteiger charge is 2.39.